The van der Waals surface area contributed by atoms with E-state index in [2.05, 4.69) is 0 Å². The van der Waals surface area contributed by atoms with Gasteiger partial charge in [0.1, 0.15) is 24.0 Å². The second-order valence-electron chi connectivity index (χ2n) is 5.13. The molecule has 0 bridgehead atoms. The number of hydrogen-bond acceptors (Lipinski definition) is 5. The summed E-state index contributed by atoms with van der Waals surface area (Å²) in [7, 11) is 0. The van der Waals surface area contributed by atoms with Crippen molar-refractivity contribution in [2.75, 3.05) is 13.2 Å². The average molecular weight is 308 g/mol. The summed E-state index contributed by atoms with van der Waals surface area (Å²) in [4.78, 5) is 0. The van der Waals surface area contributed by atoms with E-state index in [9.17, 15) is 5.11 Å². The number of rotatable bonds is 7. The van der Waals surface area contributed by atoms with Crippen LogP contribution in [0.3, 0.4) is 0 Å². The first kappa shape index (κ1) is 16.5. The van der Waals surface area contributed by atoms with Gasteiger partial charge in [0.05, 0.1) is 24.9 Å². The Morgan fingerprint density at radius 1 is 1.05 bits per heavy atom. The highest BCUT2D eigenvalue weighted by atomic mass is 16.7. The second-order valence-corrected chi connectivity index (χ2v) is 5.13. The van der Waals surface area contributed by atoms with Crippen LogP contribution >= 0.6 is 0 Å². The number of aliphatic hydroxyl groups excluding tert-OH is 1. The number of ether oxygens (including phenoxy) is 4. The van der Waals surface area contributed by atoms with Crippen molar-refractivity contribution >= 4 is 0 Å². The molecular formula is C17H24O5. The first-order valence-corrected chi connectivity index (χ1v) is 7.68. The van der Waals surface area contributed by atoms with Gasteiger partial charge in [-0.15, -0.1) is 0 Å². The van der Waals surface area contributed by atoms with Crippen molar-refractivity contribution in [1.82, 2.24) is 0 Å². The summed E-state index contributed by atoms with van der Waals surface area (Å²) in [5.74, 6) is 0.282. The molecule has 1 aliphatic heterocycles. The van der Waals surface area contributed by atoms with Gasteiger partial charge >= 0.3 is 0 Å². The van der Waals surface area contributed by atoms with Crippen LogP contribution in [0.5, 0.6) is 11.5 Å². The number of aliphatic hydroxyl groups is 1. The standard InChI is InChI=1S/C17H24O5/c1-5-13(18)16-14(19-6-2)10-12(11-15(16)20-7-3)17(4)21-8-9-22-17/h8-11,13,18H,5-7H2,1-4H3. The molecule has 2 rings (SSSR count). The Hall–Kier alpha value is -1.88. The lowest BCUT2D eigenvalue weighted by Crippen LogP contribution is -2.23. The maximum absolute atomic E-state index is 10.3. The Balaban J connectivity index is 2.53. The zero-order chi connectivity index (χ0) is 16.2. The molecule has 1 atom stereocenters. The third kappa shape index (κ3) is 3.14. The molecule has 0 fully saturated rings. The van der Waals surface area contributed by atoms with Crippen molar-refractivity contribution in [3.63, 3.8) is 0 Å². The number of hydrogen-bond donors (Lipinski definition) is 1. The second kappa shape index (κ2) is 6.92. The van der Waals surface area contributed by atoms with E-state index in [1.807, 2.05) is 39.8 Å². The fourth-order valence-corrected chi connectivity index (χ4v) is 2.42. The maximum atomic E-state index is 10.3. The maximum Gasteiger partial charge on any atom is 0.274 e. The Labute approximate surface area is 131 Å². The van der Waals surface area contributed by atoms with E-state index in [-0.39, 0.29) is 0 Å². The van der Waals surface area contributed by atoms with Gasteiger partial charge in [0.2, 0.25) is 0 Å². The zero-order valence-corrected chi connectivity index (χ0v) is 13.6. The molecule has 1 unspecified atom stereocenters. The Kier molecular flexibility index (Phi) is 5.19. The predicted octanol–water partition coefficient (Wildman–Crippen LogP) is 3.62. The topological polar surface area (TPSA) is 57.2 Å². The first-order valence-electron chi connectivity index (χ1n) is 7.68. The zero-order valence-electron chi connectivity index (χ0n) is 13.6. The summed E-state index contributed by atoms with van der Waals surface area (Å²) in [5, 5.41) is 10.3. The summed E-state index contributed by atoms with van der Waals surface area (Å²) < 4.78 is 22.5. The molecule has 0 saturated carbocycles. The van der Waals surface area contributed by atoms with Crippen molar-refractivity contribution in [3.8, 4) is 11.5 Å². The fourth-order valence-electron chi connectivity index (χ4n) is 2.42. The molecule has 0 amide bonds. The summed E-state index contributed by atoms with van der Waals surface area (Å²) in [6.07, 6.45) is 2.95. The highest BCUT2D eigenvalue weighted by Gasteiger charge is 2.34. The van der Waals surface area contributed by atoms with Crippen LogP contribution in [0.25, 0.3) is 0 Å². The predicted molar refractivity (Wildman–Crippen MR) is 82.7 cm³/mol. The molecule has 0 saturated heterocycles. The Morgan fingerprint density at radius 3 is 1.95 bits per heavy atom. The molecule has 1 heterocycles. The van der Waals surface area contributed by atoms with E-state index < -0.39 is 11.9 Å². The minimum Gasteiger partial charge on any atom is -0.493 e. The third-order valence-corrected chi connectivity index (χ3v) is 3.59. The molecule has 1 aromatic carbocycles. The molecule has 22 heavy (non-hydrogen) atoms. The van der Waals surface area contributed by atoms with Crippen molar-refractivity contribution in [1.29, 1.82) is 0 Å². The number of benzene rings is 1. The van der Waals surface area contributed by atoms with Crippen LogP contribution < -0.4 is 9.47 Å². The van der Waals surface area contributed by atoms with Gasteiger partial charge in [0.15, 0.2) is 0 Å². The summed E-state index contributed by atoms with van der Waals surface area (Å²) >= 11 is 0. The molecule has 0 aromatic heterocycles. The molecule has 1 aromatic rings. The SMILES string of the molecule is CCOc1cc(C2(C)OC=CO2)cc(OCC)c1C(O)CC. The van der Waals surface area contributed by atoms with Crippen molar-refractivity contribution in [2.45, 2.75) is 46.0 Å². The van der Waals surface area contributed by atoms with Gasteiger partial charge in [-0.2, -0.15) is 0 Å². The van der Waals surface area contributed by atoms with E-state index in [1.54, 1.807) is 0 Å². The molecule has 0 aliphatic carbocycles. The van der Waals surface area contributed by atoms with Crippen LogP contribution in [-0.4, -0.2) is 18.3 Å². The van der Waals surface area contributed by atoms with Gasteiger partial charge in [0, 0.05) is 12.5 Å². The molecule has 1 aliphatic rings. The molecule has 5 heteroatoms. The third-order valence-electron chi connectivity index (χ3n) is 3.59. The Bertz CT molecular complexity index is 503. The summed E-state index contributed by atoms with van der Waals surface area (Å²) in [6.45, 7) is 8.54. The van der Waals surface area contributed by atoms with Gasteiger partial charge in [-0.3, -0.25) is 0 Å². The van der Waals surface area contributed by atoms with Gasteiger partial charge in [0.25, 0.3) is 5.79 Å². The molecule has 122 valence electrons. The van der Waals surface area contributed by atoms with Crippen LogP contribution in [0.4, 0.5) is 0 Å². The highest BCUT2D eigenvalue weighted by Crippen LogP contribution is 2.42. The Morgan fingerprint density at radius 2 is 1.55 bits per heavy atom. The molecule has 0 radical (unpaired) electrons. The van der Waals surface area contributed by atoms with Crippen LogP contribution in [0, 0.1) is 0 Å². The van der Waals surface area contributed by atoms with Crippen LogP contribution in [0.1, 0.15) is 51.3 Å². The minimum atomic E-state index is -0.909. The average Bonchev–Trinajstić information content (AvgIpc) is 2.95. The van der Waals surface area contributed by atoms with Crippen molar-refractivity contribution in [3.05, 3.63) is 35.8 Å². The van der Waals surface area contributed by atoms with E-state index >= 15 is 0 Å². The normalized spacial score (nSPS) is 16.8. The lowest BCUT2D eigenvalue weighted by molar-refractivity contribution is -0.133. The fraction of sp³-hybridized carbons (Fsp3) is 0.529. The lowest BCUT2D eigenvalue weighted by atomic mass is 9.98. The minimum absolute atomic E-state index is 0.495. The van der Waals surface area contributed by atoms with E-state index in [1.165, 1.54) is 12.5 Å². The van der Waals surface area contributed by atoms with Crippen LogP contribution in [0.15, 0.2) is 24.7 Å². The van der Waals surface area contributed by atoms with Gasteiger partial charge in [-0.1, -0.05) is 6.92 Å². The quantitative estimate of drug-likeness (QED) is 0.833. The van der Waals surface area contributed by atoms with E-state index in [0.29, 0.717) is 36.7 Å². The highest BCUT2D eigenvalue weighted by molar-refractivity contribution is 5.50. The monoisotopic (exact) mass is 308 g/mol. The van der Waals surface area contributed by atoms with Crippen LogP contribution in [-0.2, 0) is 15.3 Å². The van der Waals surface area contributed by atoms with Crippen LogP contribution in [0.2, 0.25) is 0 Å². The molecule has 5 nitrogen and oxygen atoms in total. The first-order chi connectivity index (χ1) is 10.6. The smallest absolute Gasteiger partial charge is 0.274 e. The van der Waals surface area contributed by atoms with E-state index in [0.717, 1.165) is 5.56 Å². The molecular weight excluding hydrogens is 284 g/mol. The van der Waals surface area contributed by atoms with Crippen molar-refractivity contribution < 1.29 is 24.1 Å². The largest absolute Gasteiger partial charge is 0.493 e. The lowest BCUT2D eigenvalue weighted by Gasteiger charge is -2.27. The van der Waals surface area contributed by atoms with Gasteiger partial charge < -0.3 is 24.1 Å². The van der Waals surface area contributed by atoms with Gasteiger partial charge in [-0.05, 0) is 32.4 Å². The van der Waals surface area contributed by atoms with Crippen molar-refractivity contribution in [2.24, 2.45) is 0 Å². The summed E-state index contributed by atoms with van der Waals surface area (Å²) in [6, 6.07) is 3.68. The van der Waals surface area contributed by atoms with E-state index in [4.69, 9.17) is 18.9 Å². The molecule has 1 N–H and O–H groups in total. The van der Waals surface area contributed by atoms with Gasteiger partial charge in [-0.25, -0.2) is 0 Å². The summed E-state index contributed by atoms with van der Waals surface area (Å²) in [5.41, 5.74) is 1.45. The molecule has 0 spiro atoms.